The second-order valence-electron chi connectivity index (χ2n) is 8.53. The number of amides is 2. The van der Waals surface area contributed by atoms with Crippen molar-refractivity contribution in [2.45, 2.75) is 25.7 Å². The fraction of sp³-hybridized carbons (Fsp3) is 0.360. The summed E-state index contributed by atoms with van der Waals surface area (Å²) in [6, 6.07) is 13.3. The molecule has 0 aromatic heterocycles. The average molecular weight is 450 g/mol. The first kappa shape index (κ1) is 21.2. The fourth-order valence-electron chi connectivity index (χ4n) is 4.48. The first-order valence-corrected chi connectivity index (χ1v) is 11.3. The Kier molecular flexibility index (Phi) is 5.81. The second-order valence-corrected chi connectivity index (χ2v) is 8.53. The standard InChI is InChI=1S/C25H27N3O5/c29-20-15-28(13-10-17-4-9-21-22(14-17)33-16-32-21)25(31)23(20)24(30)26-18-5-7-19(8-6-18)27-11-2-1-3-12-27/h4-9,14,29H,1-3,10-13,15-16H2,(H,26,30). The van der Waals surface area contributed by atoms with Gasteiger partial charge in [-0.15, -0.1) is 0 Å². The summed E-state index contributed by atoms with van der Waals surface area (Å²) in [7, 11) is 0. The monoisotopic (exact) mass is 449 g/mol. The second kappa shape index (κ2) is 9.05. The Morgan fingerprint density at radius 1 is 1.00 bits per heavy atom. The topological polar surface area (TPSA) is 91.3 Å². The van der Waals surface area contributed by atoms with Crippen LogP contribution in [0, 0.1) is 0 Å². The van der Waals surface area contributed by atoms with Crippen molar-refractivity contribution in [3.8, 4) is 11.5 Å². The molecular formula is C25H27N3O5. The molecule has 0 saturated carbocycles. The van der Waals surface area contributed by atoms with Crippen molar-refractivity contribution in [3.63, 3.8) is 0 Å². The number of piperidine rings is 1. The third-order valence-corrected chi connectivity index (χ3v) is 6.31. The quantitative estimate of drug-likeness (QED) is 0.658. The van der Waals surface area contributed by atoms with Gasteiger partial charge in [-0.05, 0) is 67.6 Å². The lowest BCUT2D eigenvalue weighted by molar-refractivity contribution is -0.127. The molecular weight excluding hydrogens is 422 g/mol. The summed E-state index contributed by atoms with van der Waals surface area (Å²) in [5.41, 5.74) is 2.51. The number of aliphatic hydroxyl groups is 1. The first-order chi connectivity index (χ1) is 16.1. The van der Waals surface area contributed by atoms with E-state index in [0.717, 1.165) is 24.3 Å². The van der Waals surface area contributed by atoms with Gasteiger partial charge in [-0.25, -0.2) is 0 Å². The van der Waals surface area contributed by atoms with Gasteiger partial charge in [0.05, 0.1) is 6.54 Å². The van der Waals surface area contributed by atoms with Crippen molar-refractivity contribution in [2.75, 3.05) is 43.2 Å². The third-order valence-electron chi connectivity index (χ3n) is 6.31. The predicted octanol–water partition coefficient (Wildman–Crippen LogP) is 3.24. The molecule has 3 heterocycles. The molecule has 8 nitrogen and oxygen atoms in total. The van der Waals surface area contributed by atoms with E-state index in [1.54, 1.807) is 0 Å². The lowest BCUT2D eigenvalue weighted by Crippen LogP contribution is -2.32. The smallest absolute Gasteiger partial charge is 0.264 e. The molecule has 3 aliphatic rings. The van der Waals surface area contributed by atoms with E-state index in [2.05, 4.69) is 10.2 Å². The number of anilines is 2. The number of hydrogen-bond donors (Lipinski definition) is 2. The molecule has 0 bridgehead atoms. The molecule has 1 saturated heterocycles. The van der Waals surface area contributed by atoms with E-state index >= 15 is 0 Å². The summed E-state index contributed by atoms with van der Waals surface area (Å²) < 4.78 is 10.7. The Labute approximate surface area is 192 Å². The van der Waals surface area contributed by atoms with E-state index in [1.807, 2.05) is 42.5 Å². The highest BCUT2D eigenvalue weighted by Crippen LogP contribution is 2.33. The lowest BCUT2D eigenvalue weighted by Gasteiger charge is -2.28. The number of benzene rings is 2. The Morgan fingerprint density at radius 3 is 2.55 bits per heavy atom. The molecule has 2 aromatic rings. The number of nitrogens with one attached hydrogen (secondary N) is 1. The van der Waals surface area contributed by atoms with Gasteiger partial charge >= 0.3 is 0 Å². The van der Waals surface area contributed by atoms with Gasteiger partial charge in [-0.2, -0.15) is 0 Å². The van der Waals surface area contributed by atoms with Gasteiger partial charge in [-0.1, -0.05) is 6.07 Å². The van der Waals surface area contributed by atoms with Crippen LogP contribution in [0.2, 0.25) is 0 Å². The Bertz CT molecular complexity index is 1090. The number of carbonyl (C=O) groups is 2. The molecule has 2 N–H and O–H groups in total. The highest BCUT2D eigenvalue weighted by atomic mass is 16.7. The highest BCUT2D eigenvalue weighted by Gasteiger charge is 2.35. The zero-order valence-corrected chi connectivity index (χ0v) is 18.4. The SMILES string of the molecule is O=C(Nc1ccc(N2CCCCC2)cc1)C1=C(O)CN(CCc2ccc3c(c2)OCO3)C1=O. The van der Waals surface area contributed by atoms with Gasteiger partial charge in [0.1, 0.15) is 11.3 Å². The Hall–Kier alpha value is -3.68. The average Bonchev–Trinajstić information content (AvgIpc) is 3.41. The van der Waals surface area contributed by atoms with Gasteiger partial charge in [0.2, 0.25) is 6.79 Å². The van der Waals surface area contributed by atoms with Gasteiger partial charge < -0.3 is 29.7 Å². The fourth-order valence-corrected chi connectivity index (χ4v) is 4.48. The van der Waals surface area contributed by atoms with Crippen LogP contribution in [0.5, 0.6) is 11.5 Å². The molecule has 0 atom stereocenters. The van der Waals surface area contributed by atoms with Crippen molar-refractivity contribution >= 4 is 23.2 Å². The van der Waals surface area contributed by atoms with E-state index in [4.69, 9.17) is 9.47 Å². The van der Waals surface area contributed by atoms with Crippen LogP contribution in [0.1, 0.15) is 24.8 Å². The zero-order chi connectivity index (χ0) is 22.8. The van der Waals surface area contributed by atoms with Crippen LogP contribution in [-0.2, 0) is 16.0 Å². The maximum Gasteiger partial charge on any atom is 0.264 e. The number of ether oxygens (including phenoxy) is 2. The van der Waals surface area contributed by atoms with Crippen LogP contribution in [0.25, 0.3) is 0 Å². The molecule has 0 unspecified atom stereocenters. The van der Waals surface area contributed by atoms with Crippen LogP contribution in [-0.4, -0.2) is 54.8 Å². The summed E-state index contributed by atoms with van der Waals surface area (Å²) in [5, 5.41) is 13.1. The summed E-state index contributed by atoms with van der Waals surface area (Å²) in [4.78, 5) is 29.4. The summed E-state index contributed by atoms with van der Waals surface area (Å²) in [6.07, 6.45) is 4.23. The van der Waals surface area contributed by atoms with Crippen LogP contribution >= 0.6 is 0 Å². The molecule has 172 valence electrons. The molecule has 2 amide bonds. The van der Waals surface area contributed by atoms with Gasteiger partial charge in [0.25, 0.3) is 11.8 Å². The molecule has 3 aliphatic heterocycles. The van der Waals surface area contributed by atoms with Crippen LogP contribution in [0.3, 0.4) is 0 Å². The maximum absolute atomic E-state index is 12.8. The summed E-state index contributed by atoms with van der Waals surface area (Å²) >= 11 is 0. The van der Waals surface area contributed by atoms with Crippen LogP contribution < -0.4 is 19.7 Å². The van der Waals surface area contributed by atoms with Gasteiger partial charge in [0, 0.05) is 31.0 Å². The van der Waals surface area contributed by atoms with Crippen LogP contribution in [0.15, 0.2) is 53.8 Å². The largest absolute Gasteiger partial charge is 0.509 e. The molecule has 0 aliphatic carbocycles. The minimum absolute atomic E-state index is 0.0278. The molecule has 0 spiro atoms. The number of aliphatic hydroxyl groups excluding tert-OH is 1. The highest BCUT2D eigenvalue weighted by molar-refractivity contribution is 6.24. The lowest BCUT2D eigenvalue weighted by atomic mass is 10.1. The minimum atomic E-state index is -0.589. The van der Waals surface area contributed by atoms with Crippen LogP contribution in [0.4, 0.5) is 11.4 Å². The normalized spacial score (nSPS) is 17.6. The number of hydrogen-bond acceptors (Lipinski definition) is 6. The number of fused-ring (bicyclic) bond motifs is 1. The van der Waals surface area contributed by atoms with Crippen molar-refractivity contribution < 1.29 is 24.2 Å². The number of nitrogens with zero attached hydrogens (tertiary/aromatic N) is 2. The molecule has 8 heteroatoms. The predicted molar refractivity (Wildman–Crippen MR) is 124 cm³/mol. The molecule has 33 heavy (non-hydrogen) atoms. The third kappa shape index (κ3) is 4.46. The van der Waals surface area contributed by atoms with Gasteiger partial charge in [0.15, 0.2) is 11.5 Å². The molecule has 1 fully saturated rings. The van der Waals surface area contributed by atoms with Crippen molar-refractivity contribution in [1.82, 2.24) is 4.90 Å². The maximum atomic E-state index is 12.8. The minimum Gasteiger partial charge on any atom is -0.509 e. The number of carbonyl (C=O) groups excluding carboxylic acids is 2. The van der Waals surface area contributed by atoms with E-state index in [1.165, 1.54) is 24.2 Å². The Morgan fingerprint density at radius 2 is 1.76 bits per heavy atom. The van der Waals surface area contributed by atoms with E-state index in [9.17, 15) is 14.7 Å². The zero-order valence-electron chi connectivity index (χ0n) is 18.4. The first-order valence-electron chi connectivity index (χ1n) is 11.3. The van der Waals surface area contributed by atoms with E-state index in [0.29, 0.717) is 30.2 Å². The van der Waals surface area contributed by atoms with E-state index < -0.39 is 11.8 Å². The Balaban J connectivity index is 1.18. The van der Waals surface area contributed by atoms with Crippen molar-refractivity contribution in [1.29, 1.82) is 0 Å². The molecule has 0 radical (unpaired) electrons. The van der Waals surface area contributed by atoms with Crippen molar-refractivity contribution in [2.24, 2.45) is 0 Å². The van der Waals surface area contributed by atoms with Gasteiger partial charge in [-0.3, -0.25) is 9.59 Å². The molecule has 5 rings (SSSR count). The summed E-state index contributed by atoms with van der Waals surface area (Å²) in [6.45, 7) is 2.71. The summed E-state index contributed by atoms with van der Waals surface area (Å²) in [5.74, 6) is 0.142. The van der Waals surface area contributed by atoms with Crippen molar-refractivity contribution in [3.05, 3.63) is 59.4 Å². The number of rotatable bonds is 6. The molecule has 2 aromatic carbocycles. The van der Waals surface area contributed by atoms with E-state index in [-0.39, 0.29) is 24.7 Å².